The maximum Gasteiger partial charge on any atom is 0.335 e. The van der Waals surface area contributed by atoms with Crippen LogP contribution in [0.4, 0.5) is 0 Å². The second-order valence-electron chi connectivity index (χ2n) is 4.85. The summed E-state index contributed by atoms with van der Waals surface area (Å²) in [5.74, 6) is -1.46. The molecule has 0 aliphatic carbocycles. The molecule has 21 heavy (non-hydrogen) atoms. The third kappa shape index (κ3) is 5.95. The smallest absolute Gasteiger partial charge is 0.335 e. The van der Waals surface area contributed by atoms with Gasteiger partial charge >= 0.3 is 5.97 Å². The highest BCUT2D eigenvalue weighted by Gasteiger charge is 2.16. The van der Waals surface area contributed by atoms with E-state index in [0.717, 1.165) is 0 Å². The van der Waals surface area contributed by atoms with Crippen molar-refractivity contribution in [2.24, 2.45) is 0 Å². The zero-order chi connectivity index (χ0) is 16.0. The number of hydrogen-bond acceptors (Lipinski definition) is 4. The van der Waals surface area contributed by atoms with Crippen LogP contribution in [0.2, 0.25) is 0 Å². The van der Waals surface area contributed by atoms with Gasteiger partial charge in [0.05, 0.1) is 17.7 Å². The highest BCUT2D eigenvalue weighted by atomic mass is 32.2. The highest BCUT2D eigenvalue weighted by Crippen LogP contribution is 2.06. The minimum Gasteiger partial charge on any atom is -0.478 e. The number of benzene rings is 1. The number of hydrogen-bond donors (Lipinski definition) is 2. The van der Waals surface area contributed by atoms with E-state index in [1.54, 1.807) is 26.0 Å². The number of carboxylic acid groups (broad SMARTS) is 1. The Hall–Kier alpha value is -1.89. The van der Waals surface area contributed by atoms with Crippen LogP contribution in [0, 0.1) is 0 Å². The molecule has 1 atom stereocenters. The highest BCUT2D eigenvalue weighted by molar-refractivity contribution is 7.91. The molecule has 0 aliphatic heterocycles. The molecule has 1 aromatic carbocycles. The van der Waals surface area contributed by atoms with Gasteiger partial charge in [-0.05, 0) is 24.6 Å². The Morgan fingerprint density at radius 1 is 1.33 bits per heavy atom. The van der Waals surface area contributed by atoms with Crippen molar-refractivity contribution in [3.63, 3.8) is 0 Å². The van der Waals surface area contributed by atoms with Gasteiger partial charge in [0.2, 0.25) is 5.91 Å². The summed E-state index contributed by atoms with van der Waals surface area (Å²) in [5.41, 5.74) is 0.680. The Balaban J connectivity index is 2.62. The summed E-state index contributed by atoms with van der Waals surface area (Å²) < 4.78 is 22.9. The Morgan fingerprint density at radius 3 is 2.57 bits per heavy atom. The first-order valence-corrected chi connectivity index (χ1v) is 8.37. The Labute approximate surface area is 124 Å². The summed E-state index contributed by atoms with van der Waals surface area (Å²) in [6.45, 7) is 3.18. The molecule has 2 N–H and O–H groups in total. The molecular weight excluding hydrogens is 294 g/mol. The van der Waals surface area contributed by atoms with Crippen LogP contribution in [0.3, 0.4) is 0 Å². The number of carboxylic acids is 1. The number of carbonyl (C=O) groups excluding carboxylic acids is 1. The normalized spacial score (nSPS) is 12.7. The molecule has 0 radical (unpaired) electrons. The first-order valence-electron chi connectivity index (χ1n) is 6.55. The van der Waals surface area contributed by atoms with Crippen LogP contribution in [0.5, 0.6) is 0 Å². The monoisotopic (exact) mass is 313 g/mol. The van der Waals surface area contributed by atoms with E-state index in [0.29, 0.717) is 5.56 Å². The van der Waals surface area contributed by atoms with Gasteiger partial charge in [0.25, 0.3) is 0 Å². The van der Waals surface area contributed by atoms with Gasteiger partial charge in [-0.25, -0.2) is 13.2 Å². The lowest BCUT2D eigenvalue weighted by atomic mass is 10.1. The molecule has 1 aromatic rings. The van der Waals surface area contributed by atoms with Crippen molar-refractivity contribution in [1.29, 1.82) is 0 Å². The van der Waals surface area contributed by atoms with Crippen LogP contribution in [-0.4, -0.2) is 42.9 Å². The van der Waals surface area contributed by atoms with Gasteiger partial charge in [-0.3, -0.25) is 4.79 Å². The van der Waals surface area contributed by atoms with Crippen LogP contribution in [0.1, 0.15) is 29.8 Å². The summed E-state index contributed by atoms with van der Waals surface area (Å²) in [5, 5.41) is 11.5. The number of aromatic carboxylic acids is 1. The van der Waals surface area contributed by atoms with E-state index in [2.05, 4.69) is 5.32 Å². The molecule has 1 unspecified atom stereocenters. The minimum absolute atomic E-state index is 0.0115. The lowest BCUT2D eigenvalue weighted by Crippen LogP contribution is -2.38. The van der Waals surface area contributed by atoms with Crippen molar-refractivity contribution in [3.05, 3.63) is 35.4 Å². The summed E-state index contributed by atoms with van der Waals surface area (Å²) in [7, 11) is -3.15. The van der Waals surface area contributed by atoms with E-state index >= 15 is 0 Å². The molecule has 0 saturated heterocycles. The van der Waals surface area contributed by atoms with E-state index < -0.39 is 21.8 Å². The second-order valence-corrected chi connectivity index (χ2v) is 7.25. The topological polar surface area (TPSA) is 101 Å². The van der Waals surface area contributed by atoms with Gasteiger partial charge in [0.1, 0.15) is 0 Å². The first-order chi connectivity index (χ1) is 9.73. The number of nitrogens with one attached hydrogen (secondary N) is 1. The SMILES string of the molecule is CCS(=O)(=O)CC(C)NC(=O)Cc1cccc(C(=O)O)c1. The summed E-state index contributed by atoms with van der Waals surface area (Å²) in [6, 6.07) is 5.61. The van der Waals surface area contributed by atoms with E-state index in [4.69, 9.17) is 5.11 Å². The molecule has 0 fully saturated rings. The molecule has 116 valence electrons. The van der Waals surface area contributed by atoms with Crippen molar-refractivity contribution in [3.8, 4) is 0 Å². The lowest BCUT2D eigenvalue weighted by Gasteiger charge is -2.13. The molecule has 6 nitrogen and oxygen atoms in total. The van der Waals surface area contributed by atoms with Gasteiger partial charge in [-0.2, -0.15) is 0 Å². The third-order valence-corrected chi connectivity index (χ3v) is 4.78. The first kappa shape index (κ1) is 17.2. The van der Waals surface area contributed by atoms with Crippen molar-refractivity contribution in [2.45, 2.75) is 26.3 Å². The number of rotatable bonds is 7. The zero-order valence-corrected chi connectivity index (χ0v) is 12.8. The Morgan fingerprint density at radius 2 is 2.00 bits per heavy atom. The van der Waals surface area contributed by atoms with E-state index in [1.165, 1.54) is 12.1 Å². The predicted octanol–water partition coefficient (Wildman–Crippen LogP) is 0.867. The Bertz CT molecular complexity index is 624. The van der Waals surface area contributed by atoms with Crippen LogP contribution in [0.25, 0.3) is 0 Å². The minimum atomic E-state index is -3.15. The van der Waals surface area contributed by atoms with Crippen molar-refractivity contribution >= 4 is 21.7 Å². The standard InChI is InChI=1S/C14H19NO5S/c1-3-21(19,20)9-10(2)15-13(16)8-11-5-4-6-12(7-11)14(17)18/h4-7,10H,3,8-9H2,1-2H3,(H,15,16)(H,17,18). The lowest BCUT2D eigenvalue weighted by molar-refractivity contribution is -0.120. The fraction of sp³-hybridized carbons (Fsp3) is 0.429. The molecule has 1 rings (SSSR count). The Kier molecular flexibility index (Phi) is 5.90. The van der Waals surface area contributed by atoms with Crippen molar-refractivity contribution < 1.29 is 23.1 Å². The number of sulfone groups is 1. The molecule has 0 bridgehead atoms. The number of carbonyl (C=O) groups is 2. The van der Waals surface area contributed by atoms with Crippen molar-refractivity contribution in [1.82, 2.24) is 5.32 Å². The zero-order valence-electron chi connectivity index (χ0n) is 12.0. The quantitative estimate of drug-likeness (QED) is 0.778. The molecule has 0 aliphatic rings. The number of amides is 1. The van der Waals surface area contributed by atoms with Crippen LogP contribution in [0.15, 0.2) is 24.3 Å². The van der Waals surface area contributed by atoms with E-state index in [1.807, 2.05) is 0 Å². The molecule has 0 spiro atoms. The predicted molar refractivity (Wildman–Crippen MR) is 79.0 cm³/mol. The maximum absolute atomic E-state index is 11.8. The van der Waals surface area contributed by atoms with Crippen LogP contribution in [-0.2, 0) is 21.1 Å². The summed E-state index contributed by atoms with van der Waals surface area (Å²) >= 11 is 0. The van der Waals surface area contributed by atoms with Crippen LogP contribution >= 0.6 is 0 Å². The third-order valence-electron chi connectivity index (χ3n) is 2.89. The summed E-state index contributed by atoms with van der Waals surface area (Å²) in [4.78, 5) is 22.7. The average Bonchev–Trinajstić information content (AvgIpc) is 2.37. The molecule has 1 amide bonds. The fourth-order valence-electron chi connectivity index (χ4n) is 1.87. The van der Waals surface area contributed by atoms with Gasteiger partial charge in [0.15, 0.2) is 9.84 Å². The van der Waals surface area contributed by atoms with Gasteiger partial charge in [-0.1, -0.05) is 19.1 Å². The maximum atomic E-state index is 11.8. The largest absolute Gasteiger partial charge is 0.478 e. The van der Waals surface area contributed by atoms with Gasteiger partial charge in [-0.15, -0.1) is 0 Å². The molecule has 7 heteroatoms. The summed E-state index contributed by atoms with van der Waals surface area (Å²) in [6.07, 6.45) is 0.0115. The molecule has 0 saturated carbocycles. The second kappa shape index (κ2) is 7.21. The average molecular weight is 313 g/mol. The molecule has 0 heterocycles. The van der Waals surface area contributed by atoms with E-state index in [9.17, 15) is 18.0 Å². The van der Waals surface area contributed by atoms with Gasteiger partial charge in [0, 0.05) is 11.8 Å². The molecular formula is C14H19NO5S. The van der Waals surface area contributed by atoms with Crippen LogP contribution < -0.4 is 5.32 Å². The van der Waals surface area contributed by atoms with E-state index in [-0.39, 0.29) is 29.4 Å². The van der Waals surface area contributed by atoms with Crippen molar-refractivity contribution in [2.75, 3.05) is 11.5 Å². The van der Waals surface area contributed by atoms with Gasteiger partial charge < -0.3 is 10.4 Å². The fourth-order valence-corrected chi connectivity index (χ4v) is 2.95. The molecule has 0 aromatic heterocycles.